The molecule has 155 valence electrons. The summed E-state index contributed by atoms with van der Waals surface area (Å²) in [6, 6.07) is 16.3. The SMILES string of the molecule is CC1(C)c2cccc3c4ccc[c-]c4c4ncc(n4c23)C1(C)C.[CH2-]CC(C)O.[Ir]. The van der Waals surface area contributed by atoms with E-state index in [2.05, 4.69) is 81.6 Å². The standard InChI is InChI=1S/C21H19N2.C4H9O.Ir/c1-20(2)16-11-7-10-14-13-8-5-6-9-15(13)19-22-12-17(21(20,3)4)23(19)18(14)16;1-3-4(2)5;/h5-8,10-12H,1-4H3;4-5H,1,3H2,2H3;/q2*-1;. The van der Waals surface area contributed by atoms with E-state index in [0.717, 1.165) is 11.0 Å². The fraction of sp³-hybridized carbons (Fsp3) is 0.360. The van der Waals surface area contributed by atoms with E-state index >= 15 is 0 Å². The number of fused-ring (bicyclic) bond motifs is 3. The number of para-hydroxylation sites is 1. The number of nitrogens with zero attached hydrogens (tertiary/aromatic N) is 2. The Labute approximate surface area is 186 Å². The number of hydrogen-bond donors (Lipinski definition) is 1. The van der Waals surface area contributed by atoms with Crippen molar-refractivity contribution in [3.05, 3.63) is 66.8 Å². The smallest absolute Gasteiger partial charge is 0.0611 e. The van der Waals surface area contributed by atoms with Crippen LogP contribution in [0.4, 0.5) is 0 Å². The first-order chi connectivity index (χ1) is 13.2. The summed E-state index contributed by atoms with van der Waals surface area (Å²) < 4.78 is 2.37. The monoisotopic (exact) mass is 565 g/mol. The summed E-state index contributed by atoms with van der Waals surface area (Å²) in [5, 5.41) is 11.9. The molecule has 29 heavy (non-hydrogen) atoms. The third kappa shape index (κ3) is 3.04. The van der Waals surface area contributed by atoms with Crippen molar-refractivity contribution in [2.75, 3.05) is 0 Å². The molecule has 1 radical (unpaired) electrons. The molecular weight excluding hydrogens is 537 g/mol. The Balaban J connectivity index is 0.000000362. The van der Waals surface area contributed by atoms with Crippen LogP contribution in [0.3, 0.4) is 0 Å². The predicted molar refractivity (Wildman–Crippen MR) is 117 cm³/mol. The molecule has 0 saturated carbocycles. The van der Waals surface area contributed by atoms with Gasteiger partial charge in [0.25, 0.3) is 0 Å². The summed E-state index contributed by atoms with van der Waals surface area (Å²) in [4.78, 5) is 4.79. The summed E-state index contributed by atoms with van der Waals surface area (Å²) in [6.07, 6.45) is 2.45. The Morgan fingerprint density at radius 2 is 1.76 bits per heavy atom. The third-order valence-corrected chi connectivity index (χ3v) is 6.69. The topological polar surface area (TPSA) is 37.5 Å². The van der Waals surface area contributed by atoms with Crippen LogP contribution in [0.15, 0.2) is 42.6 Å². The van der Waals surface area contributed by atoms with Gasteiger partial charge >= 0.3 is 0 Å². The van der Waals surface area contributed by atoms with Crippen molar-refractivity contribution < 1.29 is 25.2 Å². The molecule has 0 saturated heterocycles. The normalized spacial score (nSPS) is 17.1. The van der Waals surface area contributed by atoms with Crippen molar-refractivity contribution in [2.24, 2.45) is 0 Å². The minimum atomic E-state index is -0.227. The van der Waals surface area contributed by atoms with Gasteiger partial charge in [-0.15, -0.1) is 29.7 Å². The maximum Gasteiger partial charge on any atom is 0.0611 e. The van der Waals surface area contributed by atoms with Gasteiger partial charge < -0.3 is 16.4 Å². The average molecular weight is 565 g/mol. The van der Waals surface area contributed by atoms with Gasteiger partial charge in [-0.3, -0.25) is 4.98 Å². The van der Waals surface area contributed by atoms with Crippen LogP contribution >= 0.6 is 0 Å². The zero-order valence-electron chi connectivity index (χ0n) is 17.7. The van der Waals surface area contributed by atoms with Crippen LogP contribution in [0, 0.1) is 13.0 Å². The molecule has 1 aliphatic heterocycles. The minimum absolute atomic E-state index is 0. The molecule has 0 spiro atoms. The van der Waals surface area contributed by atoms with Crippen molar-refractivity contribution in [1.29, 1.82) is 0 Å². The summed E-state index contributed by atoms with van der Waals surface area (Å²) in [5.74, 6) is 0. The van der Waals surface area contributed by atoms with Gasteiger partial charge in [0.15, 0.2) is 0 Å². The Kier molecular flexibility index (Phi) is 5.68. The molecule has 1 N–H and O–H groups in total. The van der Waals surface area contributed by atoms with Crippen molar-refractivity contribution in [3.8, 4) is 0 Å². The first-order valence-electron chi connectivity index (χ1n) is 9.92. The number of aliphatic hydroxyl groups excluding tert-OH is 1. The van der Waals surface area contributed by atoms with E-state index in [4.69, 9.17) is 10.1 Å². The first-order valence-corrected chi connectivity index (χ1v) is 9.92. The van der Waals surface area contributed by atoms with E-state index in [1.807, 2.05) is 6.07 Å². The zero-order chi connectivity index (χ0) is 20.3. The fourth-order valence-corrected chi connectivity index (χ4v) is 4.20. The van der Waals surface area contributed by atoms with Gasteiger partial charge in [-0.05, 0) is 17.9 Å². The van der Waals surface area contributed by atoms with Crippen molar-refractivity contribution >= 4 is 27.3 Å². The largest absolute Gasteiger partial charge is 0.396 e. The van der Waals surface area contributed by atoms with E-state index in [1.165, 1.54) is 27.5 Å². The molecule has 2 aromatic carbocycles. The van der Waals surface area contributed by atoms with Gasteiger partial charge in [0.2, 0.25) is 0 Å². The van der Waals surface area contributed by atoms with Crippen LogP contribution < -0.4 is 0 Å². The van der Waals surface area contributed by atoms with Crippen molar-refractivity contribution in [3.63, 3.8) is 0 Å². The van der Waals surface area contributed by atoms with E-state index in [0.29, 0.717) is 6.42 Å². The maximum atomic E-state index is 8.30. The molecule has 0 aliphatic carbocycles. The molecule has 4 heteroatoms. The number of aliphatic hydroxyl groups is 1. The Morgan fingerprint density at radius 3 is 2.41 bits per heavy atom. The fourth-order valence-electron chi connectivity index (χ4n) is 4.20. The van der Waals surface area contributed by atoms with Crippen molar-refractivity contribution in [1.82, 2.24) is 9.38 Å². The summed E-state index contributed by atoms with van der Waals surface area (Å²) >= 11 is 0. The van der Waals surface area contributed by atoms with Gasteiger partial charge in [0.1, 0.15) is 0 Å². The second kappa shape index (κ2) is 7.50. The van der Waals surface area contributed by atoms with Gasteiger partial charge in [-0.1, -0.05) is 51.3 Å². The summed E-state index contributed by atoms with van der Waals surface area (Å²) in [6.45, 7) is 14.5. The van der Waals surface area contributed by atoms with Gasteiger partial charge in [-0.25, -0.2) is 0 Å². The van der Waals surface area contributed by atoms with E-state index < -0.39 is 0 Å². The minimum Gasteiger partial charge on any atom is -0.396 e. The number of imidazole rings is 1. The molecule has 2 aromatic heterocycles. The van der Waals surface area contributed by atoms with Crippen LogP contribution in [0.25, 0.3) is 27.3 Å². The van der Waals surface area contributed by atoms with Gasteiger partial charge in [0, 0.05) is 54.4 Å². The predicted octanol–water partition coefficient (Wildman–Crippen LogP) is 5.60. The molecule has 3 heterocycles. The summed E-state index contributed by atoms with van der Waals surface area (Å²) in [7, 11) is 0. The molecule has 1 unspecified atom stereocenters. The Morgan fingerprint density at radius 1 is 1.10 bits per heavy atom. The number of pyridine rings is 1. The average Bonchev–Trinajstić information content (AvgIpc) is 3.13. The zero-order valence-corrected chi connectivity index (χ0v) is 20.1. The molecule has 1 aliphatic rings. The summed E-state index contributed by atoms with van der Waals surface area (Å²) in [5.41, 5.74) is 5.09. The van der Waals surface area contributed by atoms with Crippen molar-refractivity contribution in [2.45, 2.75) is 58.0 Å². The molecule has 3 nitrogen and oxygen atoms in total. The molecule has 4 aromatic rings. The first kappa shape index (κ1) is 22.0. The van der Waals surface area contributed by atoms with Crippen LogP contribution in [0.1, 0.15) is 52.3 Å². The number of rotatable bonds is 1. The third-order valence-electron chi connectivity index (χ3n) is 6.69. The van der Waals surface area contributed by atoms with Crippen LogP contribution in [-0.2, 0) is 30.9 Å². The molecule has 5 rings (SSSR count). The number of aromatic nitrogens is 2. The second-order valence-corrected chi connectivity index (χ2v) is 8.85. The maximum absolute atomic E-state index is 8.30. The van der Waals surface area contributed by atoms with Gasteiger partial charge in [-0.2, -0.15) is 6.42 Å². The second-order valence-electron chi connectivity index (χ2n) is 8.85. The van der Waals surface area contributed by atoms with E-state index in [1.54, 1.807) is 6.92 Å². The number of hydrogen-bond acceptors (Lipinski definition) is 2. The van der Waals surface area contributed by atoms with E-state index in [9.17, 15) is 0 Å². The Bertz CT molecular complexity index is 1190. The molecule has 0 amide bonds. The number of benzene rings is 2. The van der Waals surface area contributed by atoms with Crippen LogP contribution in [0.5, 0.6) is 0 Å². The Hall–Kier alpha value is -1.74. The van der Waals surface area contributed by atoms with Crippen LogP contribution in [-0.4, -0.2) is 20.6 Å². The molecule has 1 atom stereocenters. The quantitative estimate of drug-likeness (QED) is 0.242. The van der Waals surface area contributed by atoms with Crippen LogP contribution in [0.2, 0.25) is 0 Å². The molecular formula is C25H28IrN2O-2. The van der Waals surface area contributed by atoms with E-state index in [-0.39, 0.29) is 37.0 Å². The molecule has 0 bridgehead atoms. The molecule has 0 fully saturated rings. The van der Waals surface area contributed by atoms with Gasteiger partial charge in [0.05, 0.1) is 5.65 Å².